The third-order valence-corrected chi connectivity index (χ3v) is 6.44. The molecule has 5 nitrogen and oxygen atoms in total. The van der Waals surface area contributed by atoms with Crippen molar-refractivity contribution in [2.24, 2.45) is 17.1 Å². The second-order valence-electron chi connectivity index (χ2n) is 8.36. The predicted octanol–water partition coefficient (Wildman–Crippen LogP) is 4.48. The lowest BCUT2D eigenvalue weighted by molar-refractivity contribution is 0.100. The minimum absolute atomic E-state index is 0.0904. The van der Waals surface area contributed by atoms with Crippen LogP contribution in [0.25, 0.3) is 16.6 Å². The predicted molar refractivity (Wildman–Crippen MR) is 109 cm³/mol. The normalized spacial score (nSPS) is 21.1. The number of nitrogens with two attached hydrogens (primary N) is 1. The summed E-state index contributed by atoms with van der Waals surface area (Å²) in [4.78, 5) is 12.1. The first-order valence-corrected chi connectivity index (χ1v) is 9.61. The molecule has 2 atom stereocenters. The Morgan fingerprint density at radius 3 is 2.71 bits per heavy atom. The zero-order chi connectivity index (χ0) is 20.1. The number of nitrogens with one attached hydrogen (secondary N) is 1. The average Bonchev–Trinajstić information content (AvgIpc) is 3.18. The van der Waals surface area contributed by atoms with Crippen molar-refractivity contribution in [3.8, 4) is 11.1 Å². The molecule has 0 saturated heterocycles. The van der Waals surface area contributed by atoms with Gasteiger partial charge in [-0.1, -0.05) is 32.9 Å². The number of primary amides is 1. The maximum absolute atomic E-state index is 13.7. The van der Waals surface area contributed by atoms with Gasteiger partial charge in [0.2, 0.25) is 0 Å². The Bertz CT molecular complexity index is 1060. The van der Waals surface area contributed by atoms with Crippen LogP contribution in [0.15, 0.2) is 42.7 Å². The molecule has 1 amide bonds. The molecule has 28 heavy (non-hydrogen) atoms. The monoisotopic (exact) mass is 380 g/mol. The van der Waals surface area contributed by atoms with Crippen molar-refractivity contribution in [1.82, 2.24) is 9.61 Å². The number of benzene rings is 1. The third kappa shape index (κ3) is 3.03. The van der Waals surface area contributed by atoms with E-state index in [0.29, 0.717) is 17.2 Å². The number of rotatable bonds is 4. The van der Waals surface area contributed by atoms with Crippen LogP contribution in [-0.4, -0.2) is 21.6 Å². The van der Waals surface area contributed by atoms with Crippen molar-refractivity contribution < 1.29 is 9.18 Å². The Morgan fingerprint density at radius 1 is 1.29 bits per heavy atom. The maximum Gasteiger partial charge on any atom is 0.252 e. The molecule has 1 unspecified atom stereocenters. The van der Waals surface area contributed by atoms with Crippen molar-refractivity contribution in [2.45, 2.75) is 39.7 Å². The highest BCUT2D eigenvalue weighted by Crippen LogP contribution is 2.44. The van der Waals surface area contributed by atoms with Crippen LogP contribution in [0.2, 0.25) is 0 Å². The number of anilines is 1. The summed E-state index contributed by atoms with van der Waals surface area (Å²) >= 11 is 0. The summed E-state index contributed by atoms with van der Waals surface area (Å²) in [6.45, 7) is 6.76. The van der Waals surface area contributed by atoms with Crippen LogP contribution in [0.4, 0.5) is 10.1 Å². The van der Waals surface area contributed by atoms with E-state index < -0.39 is 5.91 Å². The van der Waals surface area contributed by atoms with Crippen LogP contribution < -0.4 is 11.1 Å². The Kier molecular flexibility index (Phi) is 4.37. The molecule has 2 heterocycles. The van der Waals surface area contributed by atoms with Gasteiger partial charge in [0.15, 0.2) is 0 Å². The SMILES string of the molecule is CC1CC[C@@H](Nc2c(C(N)=O)cnn3cc(-c4cccc(F)c4)cc23)C1(C)C. The van der Waals surface area contributed by atoms with Crippen molar-refractivity contribution in [2.75, 3.05) is 5.32 Å². The van der Waals surface area contributed by atoms with Gasteiger partial charge >= 0.3 is 0 Å². The van der Waals surface area contributed by atoms with Gasteiger partial charge in [-0.3, -0.25) is 4.79 Å². The van der Waals surface area contributed by atoms with Crippen molar-refractivity contribution in [3.05, 3.63) is 54.1 Å². The highest BCUT2D eigenvalue weighted by Gasteiger charge is 2.41. The molecule has 1 aliphatic rings. The van der Waals surface area contributed by atoms with E-state index in [1.165, 1.54) is 18.3 Å². The quantitative estimate of drug-likeness (QED) is 0.701. The molecular formula is C22H25FN4O. The lowest BCUT2D eigenvalue weighted by Gasteiger charge is -2.33. The van der Waals surface area contributed by atoms with Gasteiger partial charge < -0.3 is 11.1 Å². The summed E-state index contributed by atoms with van der Waals surface area (Å²) in [5.41, 5.74) is 9.13. The van der Waals surface area contributed by atoms with Gasteiger partial charge in [-0.05, 0) is 47.9 Å². The molecule has 146 valence electrons. The van der Waals surface area contributed by atoms with E-state index in [4.69, 9.17) is 5.73 Å². The van der Waals surface area contributed by atoms with Gasteiger partial charge in [0.25, 0.3) is 5.91 Å². The summed E-state index contributed by atoms with van der Waals surface area (Å²) in [6, 6.07) is 8.57. The number of fused-ring (bicyclic) bond motifs is 1. The molecule has 2 aromatic heterocycles. The van der Waals surface area contributed by atoms with E-state index >= 15 is 0 Å². The number of nitrogens with zero attached hydrogens (tertiary/aromatic N) is 2. The smallest absolute Gasteiger partial charge is 0.252 e. The van der Waals surface area contributed by atoms with E-state index in [9.17, 15) is 9.18 Å². The van der Waals surface area contributed by atoms with Crippen molar-refractivity contribution in [1.29, 1.82) is 0 Å². The summed E-state index contributed by atoms with van der Waals surface area (Å²) in [5, 5.41) is 7.93. The minimum atomic E-state index is -0.519. The zero-order valence-electron chi connectivity index (χ0n) is 16.4. The van der Waals surface area contributed by atoms with E-state index in [-0.39, 0.29) is 17.3 Å². The molecule has 0 spiro atoms. The molecule has 1 saturated carbocycles. The molecule has 3 aromatic rings. The van der Waals surface area contributed by atoms with Crippen LogP contribution in [0.5, 0.6) is 0 Å². The fourth-order valence-electron chi connectivity index (χ4n) is 4.16. The molecule has 4 rings (SSSR count). The average molecular weight is 380 g/mol. The Labute approximate surface area is 163 Å². The van der Waals surface area contributed by atoms with Crippen LogP contribution in [0.1, 0.15) is 44.0 Å². The number of halogens is 1. The van der Waals surface area contributed by atoms with Crippen molar-refractivity contribution in [3.63, 3.8) is 0 Å². The summed E-state index contributed by atoms with van der Waals surface area (Å²) in [5.74, 6) is -0.233. The minimum Gasteiger partial charge on any atom is -0.379 e. The second kappa shape index (κ2) is 6.62. The fourth-order valence-corrected chi connectivity index (χ4v) is 4.16. The number of hydrogen-bond donors (Lipinski definition) is 2. The zero-order valence-corrected chi connectivity index (χ0v) is 16.4. The summed E-state index contributed by atoms with van der Waals surface area (Å²) in [6.07, 6.45) is 5.49. The van der Waals surface area contributed by atoms with Crippen LogP contribution in [0.3, 0.4) is 0 Å². The van der Waals surface area contributed by atoms with E-state index in [1.807, 2.05) is 18.3 Å². The molecule has 1 aromatic carbocycles. The Balaban J connectivity index is 1.83. The lowest BCUT2D eigenvalue weighted by Crippen LogP contribution is -2.35. The van der Waals surface area contributed by atoms with Crippen LogP contribution in [-0.2, 0) is 0 Å². The van der Waals surface area contributed by atoms with Gasteiger partial charge in [0.1, 0.15) is 5.82 Å². The molecule has 1 fully saturated rings. The first kappa shape index (κ1) is 18.5. The molecule has 0 radical (unpaired) electrons. The third-order valence-electron chi connectivity index (χ3n) is 6.44. The topological polar surface area (TPSA) is 72.4 Å². The summed E-state index contributed by atoms with van der Waals surface area (Å²) in [7, 11) is 0. The van der Waals surface area contributed by atoms with Crippen molar-refractivity contribution >= 4 is 17.1 Å². The van der Waals surface area contributed by atoms with Gasteiger partial charge in [-0.25, -0.2) is 8.91 Å². The molecule has 6 heteroatoms. The van der Waals surface area contributed by atoms with Gasteiger partial charge in [0, 0.05) is 17.8 Å². The highest BCUT2D eigenvalue weighted by molar-refractivity contribution is 6.02. The lowest BCUT2D eigenvalue weighted by atomic mass is 9.80. The first-order valence-electron chi connectivity index (χ1n) is 9.61. The number of aromatic nitrogens is 2. The van der Waals surface area contributed by atoms with Crippen LogP contribution in [0, 0.1) is 17.2 Å². The molecule has 0 bridgehead atoms. The van der Waals surface area contributed by atoms with Crippen LogP contribution >= 0.6 is 0 Å². The van der Waals surface area contributed by atoms with E-state index in [1.54, 1.807) is 10.6 Å². The second-order valence-corrected chi connectivity index (χ2v) is 8.36. The molecule has 3 N–H and O–H groups in total. The number of carbonyl (C=O) groups is 1. The standard InChI is InChI=1S/C22H25FN4O/c1-13-7-8-19(22(13,2)3)26-20-17(21(24)28)11-25-27-12-15(10-18(20)27)14-5-4-6-16(23)9-14/h4-6,9-13,19,26H,7-8H2,1-3H3,(H2,24,28)/t13?,19-/m1/s1. The number of hydrogen-bond acceptors (Lipinski definition) is 3. The number of carbonyl (C=O) groups excluding carboxylic acids is 1. The largest absolute Gasteiger partial charge is 0.379 e. The summed E-state index contributed by atoms with van der Waals surface area (Å²) < 4.78 is 15.4. The van der Waals surface area contributed by atoms with E-state index in [2.05, 4.69) is 31.2 Å². The first-order chi connectivity index (χ1) is 13.3. The molecule has 1 aliphatic carbocycles. The van der Waals surface area contributed by atoms with Gasteiger partial charge in [-0.2, -0.15) is 5.10 Å². The fraction of sp³-hybridized carbons (Fsp3) is 0.364. The Hall–Kier alpha value is -2.89. The molecule has 0 aliphatic heterocycles. The van der Waals surface area contributed by atoms with Gasteiger partial charge in [-0.15, -0.1) is 0 Å². The maximum atomic E-state index is 13.7. The van der Waals surface area contributed by atoms with Gasteiger partial charge in [0.05, 0.1) is 23.0 Å². The highest BCUT2D eigenvalue weighted by atomic mass is 19.1. The van der Waals surface area contributed by atoms with E-state index in [0.717, 1.165) is 29.5 Å². The molecular weight excluding hydrogens is 355 g/mol. The number of amides is 1. The Morgan fingerprint density at radius 2 is 2.07 bits per heavy atom.